The molecule has 6 atom stereocenters. The lowest BCUT2D eigenvalue weighted by Gasteiger charge is -2.52. The van der Waals surface area contributed by atoms with Crippen molar-refractivity contribution in [1.29, 1.82) is 0 Å². The van der Waals surface area contributed by atoms with Crippen LogP contribution in [0.25, 0.3) is 11.3 Å². The number of carbonyl (C=O) groups excluding carboxylic acids is 5. The largest absolute Gasteiger partial charge is 0.507 e. The van der Waals surface area contributed by atoms with Crippen LogP contribution < -0.4 is 5.73 Å². The topological polar surface area (TPSA) is 198 Å². The SMILES string of the molecule is CN(C)C1C(=O)C(C(N)=O)C(=O)[C@]2(O)C(=O)C3C(=O)c4c(O)ccc(-c5ccc(CN=O)o5)c4C[C@@H]3C[C@H]12. The highest BCUT2D eigenvalue weighted by molar-refractivity contribution is 6.32. The minimum absolute atomic E-state index is 0.0581. The molecule has 5 rings (SSSR count). The summed E-state index contributed by atoms with van der Waals surface area (Å²) in [7, 11) is 3.04. The Morgan fingerprint density at radius 2 is 1.87 bits per heavy atom. The highest BCUT2D eigenvalue weighted by Gasteiger charge is 2.69. The van der Waals surface area contributed by atoms with Gasteiger partial charge in [0, 0.05) is 11.5 Å². The zero-order chi connectivity index (χ0) is 27.7. The standard InChI is InChI=1S/C26H25N3O9/c1-29(2)20-14-8-10-7-13-12(16-6-3-11(38-16)9-28-37)4-5-15(30)18(13)21(31)17(10)23(33)26(14,36)24(34)19(22(20)32)25(27)35/h3-6,10,14,17,19-20,30,36H,7-9H2,1-2H3,(H2,27,35)/t10-,14-,17?,19?,20?,26-/m1/s1. The molecule has 2 fully saturated rings. The summed E-state index contributed by atoms with van der Waals surface area (Å²) >= 11 is 0. The second-order valence-corrected chi connectivity index (χ2v) is 10.3. The molecule has 1 aromatic carbocycles. The fraction of sp³-hybridized carbons (Fsp3) is 0.423. The molecule has 2 aromatic rings. The number of likely N-dealkylation sites (N-methyl/N-ethyl adjacent to an activating group) is 1. The van der Waals surface area contributed by atoms with E-state index in [-0.39, 0.29) is 30.7 Å². The first-order chi connectivity index (χ1) is 17.9. The number of nitrogens with zero attached hydrogens (tertiary/aromatic N) is 2. The average molecular weight is 523 g/mol. The van der Waals surface area contributed by atoms with Gasteiger partial charge in [0.25, 0.3) is 0 Å². The molecule has 3 aliphatic carbocycles. The highest BCUT2D eigenvalue weighted by Crippen LogP contribution is 2.51. The van der Waals surface area contributed by atoms with E-state index in [1.807, 2.05) is 0 Å². The van der Waals surface area contributed by atoms with Crippen molar-refractivity contribution in [3.63, 3.8) is 0 Å². The Hall–Kier alpha value is -4.03. The van der Waals surface area contributed by atoms with Crippen molar-refractivity contribution in [3.05, 3.63) is 46.1 Å². The highest BCUT2D eigenvalue weighted by atomic mass is 16.3. The van der Waals surface area contributed by atoms with E-state index in [1.165, 1.54) is 25.1 Å². The molecular weight excluding hydrogens is 498 g/mol. The number of aromatic hydroxyl groups is 1. The molecule has 0 aliphatic heterocycles. The van der Waals surface area contributed by atoms with E-state index in [9.17, 15) is 39.1 Å². The van der Waals surface area contributed by atoms with Crippen LogP contribution in [0.4, 0.5) is 0 Å². The quantitative estimate of drug-likeness (QED) is 0.364. The molecule has 1 heterocycles. The van der Waals surface area contributed by atoms with Crippen LogP contribution in [0.3, 0.4) is 0 Å². The van der Waals surface area contributed by atoms with Gasteiger partial charge in [0.1, 0.15) is 23.8 Å². The van der Waals surface area contributed by atoms with Crippen molar-refractivity contribution in [2.45, 2.75) is 31.0 Å². The van der Waals surface area contributed by atoms with Gasteiger partial charge in [-0.3, -0.25) is 28.9 Å². The van der Waals surface area contributed by atoms with Crippen molar-refractivity contribution < 1.29 is 38.6 Å². The Morgan fingerprint density at radius 3 is 2.50 bits per heavy atom. The minimum Gasteiger partial charge on any atom is -0.507 e. The van der Waals surface area contributed by atoms with Crippen LogP contribution in [-0.4, -0.2) is 69.9 Å². The Balaban J connectivity index is 1.64. The second-order valence-electron chi connectivity index (χ2n) is 10.3. The molecule has 3 aliphatic rings. The van der Waals surface area contributed by atoms with E-state index in [1.54, 1.807) is 18.2 Å². The number of phenolic OH excluding ortho intramolecular Hbond substituents is 1. The second kappa shape index (κ2) is 8.77. The number of hydrogen-bond donors (Lipinski definition) is 3. The summed E-state index contributed by atoms with van der Waals surface area (Å²) in [6.07, 6.45) is 0.0367. The van der Waals surface area contributed by atoms with Crippen molar-refractivity contribution >= 4 is 29.0 Å². The first kappa shape index (κ1) is 25.6. The van der Waals surface area contributed by atoms with Gasteiger partial charge in [0.2, 0.25) is 5.91 Å². The molecule has 2 saturated carbocycles. The maximum absolute atomic E-state index is 13.8. The first-order valence-corrected chi connectivity index (χ1v) is 12.0. The normalized spacial score (nSPS) is 30.6. The number of phenols is 1. The van der Waals surface area contributed by atoms with Gasteiger partial charge in [0.15, 0.2) is 34.7 Å². The minimum atomic E-state index is -2.78. The van der Waals surface area contributed by atoms with E-state index in [4.69, 9.17) is 10.2 Å². The molecule has 0 radical (unpaired) electrons. The Bertz CT molecular complexity index is 1430. The predicted molar refractivity (Wildman–Crippen MR) is 129 cm³/mol. The fourth-order valence-corrected chi connectivity index (χ4v) is 6.51. The summed E-state index contributed by atoms with van der Waals surface area (Å²) in [5, 5.41) is 25.0. The number of nitrogens with two attached hydrogens (primary N) is 1. The number of fused-ring (bicyclic) bond motifs is 3. The smallest absolute Gasteiger partial charge is 0.235 e. The van der Waals surface area contributed by atoms with Gasteiger partial charge in [-0.05, 0) is 62.7 Å². The molecular formula is C26H25N3O9. The van der Waals surface area contributed by atoms with Gasteiger partial charge in [0.05, 0.1) is 17.5 Å². The summed E-state index contributed by atoms with van der Waals surface area (Å²) in [4.78, 5) is 78.1. The summed E-state index contributed by atoms with van der Waals surface area (Å²) in [6, 6.07) is 4.80. The number of amides is 1. The number of Topliss-reactive ketones (excluding diaryl/α,β-unsaturated/α-hetero) is 4. The fourth-order valence-electron chi connectivity index (χ4n) is 6.51. The zero-order valence-corrected chi connectivity index (χ0v) is 20.5. The number of rotatable bonds is 5. The third-order valence-electron chi connectivity index (χ3n) is 8.09. The van der Waals surface area contributed by atoms with Crippen molar-refractivity contribution in [3.8, 4) is 17.1 Å². The number of benzene rings is 1. The molecule has 12 nitrogen and oxygen atoms in total. The predicted octanol–water partition coefficient (Wildman–Crippen LogP) is 0.393. The summed E-state index contributed by atoms with van der Waals surface area (Å²) < 4.78 is 5.69. The van der Waals surface area contributed by atoms with Crippen LogP contribution in [0.1, 0.15) is 28.1 Å². The maximum atomic E-state index is 13.8. The van der Waals surface area contributed by atoms with Crippen LogP contribution in [0, 0.1) is 28.6 Å². The van der Waals surface area contributed by atoms with Gasteiger partial charge >= 0.3 is 0 Å². The van der Waals surface area contributed by atoms with Crippen molar-refractivity contribution in [2.24, 2.45) is 34.6 Å². The van der Waals surface area contributed by atoms with E-state index in [0.29, 0.717) is 22.6 Å². The number of furan rings is 1. The number of ketones is 4. The van der Waals surface area contributed by atoms with Crippen LogP contribution in [0.2, 0.25) is 0 Å². The molecule has 3 unspecified atom stereocenters. The van der Waals surface area contributed by atoms with E-state index in [0.717, 1.165) is 0 Å². The van der Waals surface area contributed by atoms with Gasteiger partial charge in [-0.1, -0.05) is 5.18 Å². The molecule has 0 spiro atoms. The Kier molecular flexibility index (Phi) is 5.91. The van der Waals surface area contributed by atoms with Gasteiger partial charge < -0.3 is 20.4 Å². The maximum Gasteiger partial charge on any atom is 0.235 e. The lowest BCUT2D eigenvalue weighted by Crippen LogP contribution is -2.74. The first-order valence-electron chi connectivity index (χ1n) is 12.0. The average Bonchev–Trinajstić information content (AvgIpc) is 3.29. The van der Waals surface area contributed by atoms with Gasteiger partial charge in [-0.2, -0.15) is 4.91 Å². The van der Waals surface area contributed by atoms with Crippen molar-refractivity contribution in [1.82, 2.24) is 4.90 Å². The van der Waals surface area contributed by atoms with Crippen molar-refractivity contribution in [2.75, 3.05) is 14.1 Å². The Morgan fingerprint density at radius 1 is 1.16 bits per heavy atom. The van der Waals surface area contributed by atoms with E-state index < -0.39 is 64.4 Å². The molecule has 1 amide bonds. The molecule has 1 aromatic heterocycles. The summed E-state index contributed by atoms with van der Waals surface area (Å²) in [5.41, 5.74) is 3.27. The summed E-state index contributed by atoms with van der Waals surface area (Å²) in [5.74, 6) is -10.5. The molecule has 0 bridgehead atoms. The van der Waals surface area contributed by atoms with E-state index >= 15 is 0 Å². The van der Waals surface area contributed by atoms with E-state index in [2.05, 4.69) is 5.18 Å². The van der Waals surface area contributed by atoms with Gasteiger partial charge in [-0.15, -0.1) is 0 Å². The summed E-state index contributed by atoms with van der Waals surface area (Å²) in [6.45, 7) is -0.195. The van der Waals surface area contributed by atoms with Crippen LogP contribution in [0.15, 0.2) is 33.9 Å². The monoisotopic (exact) mass is 523 g/mol. The number of hydrogen-bond acceptors (Lipinski definition) is 11. The lowest BCUT2D eigenvalue weighted by molar-refractivity contribution is -0.181. The number of aliphatic hydroxyl groups is 1. The molecule has 4 N–H and O–H groups in total. The number of nitroso groups, excluding NO2 is 1. The number of primary amides is 1. The van der Waals surface area contributed by atoms with Crippen LogP contribution in [0.5, 0.6) is 5.75 Å². The molecule has 38 heavy (non-hydrogen) atoms. The zero-order valence-electron chi connectivity index (χ0n) is 20.5. The van der Waals surface area contributed by atoms with Crippen LogP contribution >= 0.6 is 0 Å². The third kappa shape index (κ3) is 3.40. The molecule has 12 heteroatoms. The molecule has 198 valence electrons. The lowest BCUT2D eigenvalue weighted by atomic mass is 9.52. The van der Waals surface area contributed by atoms with Gasteiger partial charge in [-0.25, -0.2) is 0 Å². The molecule has 0 saturated heterocycles. The number of carbonyl (C=O) groups is 5. The third-order valence-corrected chi connectivity index (χ3v) is 8.09. The van der Waals surface area contributed by atoms with Crippen LogP contribution in [-0.2, 0) is 32.1 Å². The Labute approximate surface area is 215 Å².